The molecule has 3 N–H and O–H groups in total. The highest BCUT2D eigenvalue weighted by Crippen LogP contribution is 2.24. The van der Waals surface area contributed by atoms with E-state index in [-0.39, 0.29) is 11.7 Å². The fourth-order valence-electron chi connectivity index (χ4n) is 1.15. The van der Waals surface area contributed by atoms with Crippen LogP contribution in [-0.2, 0) is 4.79 Å². The predicted molar refractivity (Wildman–Crippen MR) is 75.1 cm³/mol. The lowest BCUT2D eigenvalue weighted by Gasteiger charge is -2.05. The zero-order valence-electron chi connectivity index (χ0n) is 9.09. The summed E-state index contributed by atoms with van der Waals surface area (Å²) in [5, 5.41) is 11.1. The monoisotopic (exact) mass is 300 g/mol. The topological polar surface area (TPSA) is 80.9 Å². The van der Waals surface area contributed by atoms with Gasteiger partial charge in [0, 0.05) is 0 Å². The summed E-state index contributed by atoms with van der Waals surface area (Å²) in [7, 11) is 0. The van der Waals surface area contributed by atoms with Crippen molar-refractivity contribution in [1.82, 2.24) is 10.2 Å². The van der Waals surface area contributed by atoms with Gasteiger partial charge < -0.3 is 11.1 Å². The number of aromatic nitrogens is 2. The number of amides is 1. The van der Waals surface area contributed by atoms with Crippen molar-refractivity contribution in [2.24, 2.45) is 0 Å². The molecule has 0 fully saturated rings. The highest BCUT2D eigenvalue weighted by atomic mass is 35.5. The second kappa shape index (κ2) is 6.03. The maximum atomic E-state index is 11.7. The van der Waals surface area contributed by atoms with E-state index in [0.717, 1.165) is 0 Å². The predicted octanol–water partition coefficient (Wildman–Crippen LogP) is 2.50. The molecule has 0 saturated carbocycles. The first-order chi connectivity index (χ1) is 8.65. The number of nitrogen functional groups attached to an aromatic ring is 1. The van der Waals surface area contributed by atoms with Crippen molar-refractivity contribution in [1.29, 1.82) is 0 Å². The van der Waals surface area contributed by atoms with Gasteiger partial charge >= 0.3 is 0 Å². The van der Waals surface area contributed by atoms with Gasteiger partial charge in [-0.25, -0.2) is 0 Å². The molecule has 18 heavy (non-hydrogen) atoms. The first kappa shape index (κ1) is 13.1. The van der Waals surface area contributed by atoms with E-state index in [1.54, 1.807) is 24.3 Å². The Balaban J connectivity index is 1.88. The van der Waals surface area contributed by atoms with E-state index >= 15 is 0 Å². The number of nitrogens with two attached hydrogens (primary N) is 1. The molecule has 1 amide bonds. The third-order valence-electron chi connectivity index (χ3n) is 1.90. The molecule has 1 aromatic carbocycles. The summed E-state index contributed by atoms with van der Waals surface area (Å²) in [5.41, 5.74) is 6.04. The molecular formula is C10H9ClN4OS2. The van der Waals surface area contributed by atoms with E-state index in [4.69, 9.17) is 17.3 Å². The number of nitrogens with zero attached hydrogens (tertiary/aromatic N) is 2. The van der Waals surface area contributed by atoms with Crippen LogP contribution >= 0.6 is 34.7 Å². The van der Waals surface area contributed by atoms with Crippen molar-refractivity contribution < 1.29 is 4.79 Å². The van der Waals surface area contributed by atoms with Crippen LogP contribution in [0.4, 0.5) is 10.8 Å². The van der Waals surface area contributed by atoms with E-state index in [2.05, 4.69) is 15.5 Å². The second-order valence-electron chi connectivity index (χ2n) is 3.22. The summed E-state index contributed by atoms with van der Waals surface area (Å²) in [6, 6.07) is 7.07. The van der Waals surface area contributed by atoms with Gasteiger partial charge in [-0.1, -0.05) is 46.8 Å². The van der Waals surface area contributed by atoms with Gasteiger partial charge in [0.1, 0.15) is 0 Å². The van der Waals surface area contributed by atoms with Crippen LogP contribution in [0.3, 0.4) is 0 Å². The number of anilines is 2. The van der Waals surface area contributed by atoms with Gasteiger partial charge in [0.15, 0.2) is 4.34 Å². The Hall–Kier alpha value is -1.31. The smallest absolute Gasteiger partial charge is 0.234 e. The normalized spacial score (nSPS) is 10.3. The number of nitrogens with one attached hydrogen (secondary N) is 1. The Labute approximate surface area is 117 Å². The Kier molecular flexibility index (Phi) is 4.40. The van der Waals surface area contributed by atoms with Crippen LogP contribution in [0.1, 0.15) is 0 Å². The molecule has 0 spiro atoms. The number of carbonyl (C=O) groups is 1. The Morgan fingerprint density at radius 1 is 1.44 bits per heavy atom. The minimum absolute atomic E-state index is 0.151. The molecule has 1 heterocycles. The molecule has 0 saturated heterocycles. The summed E-state index contributed by atoms with van der Waals surface area (Å²) < 4.78 is 0.668. The Bertz CT molecular complexity index is 560. The number of rotatable bonds is 4. The number of thioether (sulfide) groups is 1. The van der Waals surface area contributed by atoms with Crippen LogP contribution in [0.25, 0.3) is 0 Å². The van der Waals surface area contributed by atoms with Gasteiger partial charge in [0.05, 0.1) is 16.5 Å². The van der Waals surface area contributed by atoms with Gasteiger partial charge in [-0.15, -0.1) is 10.2 Å². The average molecular weight is 301 g/mol. The molecule has 1 aromatic heterocycles. The fraction of sp³-hybridized carbons (Fsp3) is 0.100. The van der Waals surface area contributed by atoms with Crippen LogP contribution in [0.5, 0.6) is 0 Å². The summed E-state index contributed by atoms with van der Waals surface area (Å²) in [6.45, 7) is 0. The van der Waals surface area contributed by atoms with E-state index in [9.17, 15) is 4.79 Å². The second-order valence-corrected chi connectivity index (χ2v) is 5.86. The minimum Gasteiger partial charge on any atom is -0.374 e. The molecule has 0 aliphatic rings. The standard InChI is InChI=1S/C10H9ClN4OS2/c11-6-3-1-2-4-7(6)13-8(16)5-17-10-15-14-9(12)18-10/h1-4H,5H2,(H2,12,14)(H,13,16). The highest BCUT2D eigenvalue weighted by Gasteiger charge is 2.08. The van der Waals surface area contributed by atoms with E-state index in [1.807, 2.05) is 0 Å². The van der Waals surface area contributed by atoms with Crippen LogP contribution in [0.15, 0.2) is 28.6 Å². The largest absolute Gasteiger partial charge is 0.374 e. The summed E-state index contributed by atoms with van der Waals surface area (Å²) in [6.07, 6.45) is 0. The molecular weight excluding hydrogens is 292 g/mol. The number of hydrogen-bond acceptors (Lipinski definition) is 6. The third-order valence-corrected chi connectivity index (χ3v) is 4.11. The first-order valence-electron chi connectivity index (χ1n) is 4.91. The molecule has 5 nitrogen and oxygen atoms in total. The van der Waals surface area contributed by atoms with Gasteiger partial charge in [0.2, 0.25) is 11.0 Å². The molecule has 2 aromatic rings. The fourth-order valence-corrected chi connectivity index (χ4v) is 2.77. The summed E-state index contributed by atoms with van der Waals surface area (Å²) in [5.74, 6) is 0.0849. The van der Waals surface area contributed by atoms with Crippen molar-refractivity contribution in [3.8, 4) is 0 Å². The first-order valence-corrected chi connectivity index (χ1v) is 7.09. The lowest BCUT2D eigenvalue weighted by Crippen LogP contribution is -2.14. The van der Waals surface area contributed by atoms with Crippen LogP contribution in [0, 0.1) is 0 Å². The molecule has 0 atom stereocenters. The van der Waals surface area contributed by atoms with Crippen LogP contribution in [0.2, 0.25) is 5.02 Å². The lowest BCUT2D eigenvalue weighted by atomic mass is 10.3. The van der Waals surface area contributed by atoms with E-state index in [0.29, 0.717) is 20.2 Å². The Morgan fingerprint density at radius 3 is 2.89 bits per heavy atom. The van der Waals surface area contributed by atoms with Gasteiger partial charge in [-0.3, -0.25) is 4.79 Å². The molecule has 0 radical (unpaired) electrons. The van der Waals surface area contributed by atoms with Gasteiger partial charge in [-0.2, -0.15) is 0 Å². The molecule has 0 unspecified atom stereocenters. The zero-order chi connectivity index (χ0) is 13.0. The van der Waals surface area contributed by atoms with Crippen molar-refractivity contribution in [2.45, 2.75) is 4.34 Å². The number of para-hydroxylation sites is 1. The Morgan fingerprint density at radius 2 is 2.22 bits per heavy atom. The van der Waals surface area contributed by atoms with Crippen molar-refractivity contribution in [3.63, 3.8) is 0 Å². The van der Waals surface area contributed by atoms with E-state index in [1.165, 1.54) is 23.1 Å². The van der Waals surface area contributed by atoms with Crippen molar-refractivity contribution in [2.75, 3.05) is 16.8 Å². The highest BCUT2D eigenvalue weighted by molar-refractivity contribution is 8.01. The lowest BCUT2D eigenvalue weighted by molar-refractivity contribution is -0.113. The zero-order valence-corrected chi connectivity index (χ0v) is 11.5. The molecule has 0 bridgehead atoms. The maximum absolute atomic E-state index is 11.7. The van der Waals surface area contributed by atoms with Crippen LogP contribution in [-0.4, -0.2) is 21.9 Å². The molecule has 2 rings (SSSR count). The summed E-state index contributed by atoms with van der Waals surface area (Å²) in [4.78, 5) is 11.7. The third kappa shape index (κ3) is 3.59. The molecule has 94 valence electrons. The SMILES string of the molecule is Nc1nnc(SCC(=O)Nc2ccccc2Cl)s1. The maximum Gasteiger partial charge on any atom is 0.234 e. The molecule has 0 aliphatic heterocycles. The number of benzene rings is 1. The van der Waals surface area contributed by atoms with Crippen LogP contribution < -0.4 is 11.1 Å². The molecule has 8 heteroatoms. The van der Waals surface area contributed by atoms with Crippen molar-refractivity contribution in [3.05, 3.63) is 29.3 Å². The van der Waals surface area contributed by atoms with Gasteiger partial charge in [-0.05, 0) is 12.1 Å². The summed E-state index contributed by atoms with van der Waals surface area (Å²) >= 11 is 8.47. The number of halogens is 1. The quantitative estimate of drug-likeness (QED) is 0.848. The van der Waals surface area contributed by atoms with Crippen molar-refractivity contribution >= 4 is 51.4 Å². The average Bonchev–Trinajstić information content (AvgIpc) is 2.76. The number of hydrogen-bond donors (Lipinski definition) is 2. The molecule has 0 aliphatic carbocycles. The minimum atomic E-state index is -0.151. The van der Waals surface area contributed by atoms with Gasteiger partial charge in [0.25, 0.3) is 0 Å². The number of carbonyl (C=O) groups excluding carboxylic acids is 1. The van der Waals surface area contributed by atoms with E-state index < -0.39 is 0 Å².